The third kappa shape index (κ3) is 5.50. The first-order chi connectivity index (χ1) is 17.2. The topological polar surface area (TPSA) is 117 Å². The van der Waals surface area contributed by atoms with Gasteiger partial charge in [0.2, 0.25) is 0 Å². The van der Waals surface area contributed by atoms with E-state index in [0.29, 0.717) is 35.4 Å². The maximum absolute atomic E-state index is 13.1. The minimum atomic E-state index is -3.90. The SMILES string of the molecule is CC(C)C(c1cccc(NS(=O)(=O)c2cccc(CO)c2)c1)c1c(O)c2c(oc1=O)CCCCCC2. The van der Waals surface area contributed by atoms with Crippen LogP contribution in [-0.2, 0) is 29.5 Å². The van der Waals surface area contributed by atoms with Crippen LogP contribution < -0.4 is 10.3 Å². The summed E-state index contributed by atoms with van der Waals surface area (Å²) in [6.45, 7) is 3.65. The second-order valence-electron chi connectivity index (χ2n) is 9.73. The summed E-state index contributed by atoms with van der Waals surface area (Å²) < 4.78 is 34.3. The van der Waals surface area contributed by atoms with Crippen LogP contribution in [0.5, 0.6) is 5.75 Å². The molecule has 8 heteroatoms. The average molecular weight is 512 g/mol. The fraction of sp³-hybridized carbons (Fsp3) is 0.393. The van der Waals surface area contributed by atoms with Crippen LogP contribution in [-0.4, -0.2) is 18.6 Å². The Bertz CT molecular complexity index is 1390. The summed E-state index contributed by atoms with van der Waals surface area (Å²) >= 11 is 0. The molecule has 7 nitrogen and oxygen atoms in total. The molecule has 1 aliphatic carbocycles. The van der Waals surface area contributed by atoms with Crippen molar-refractivity contribution in [1.82, 2.24) is 0 Å². The molecule has 1 atom stereocenters. The summed E-state index contributed by atoms with van der Waals surface area (Å²) in [5, 5.41) is 20.6. The molecule has 4 rings (SSSR count). The minimum absolute atomic E-state index is 0.00801. The molecular weight excluding hydrogens is 478 g/mol. The maximum Gasteiger partial charge on any atom is 0.343 e. The van der Waals surface area contributed by atoms with Gasteiger partial charge in [0.25, 0.3) is 10.0 Å². The molecule has 0 amide bonds. The van der Waals surface area contributed by atoms with Gasteiger partial charge in [0.05, 0.1) is 17.1 Å². The number of rotatable bonds is 7. The molecule has 1 heterocycles. The molecule has 1 aromatic heterocycles. The molecule has 3 aromatic rings. The number of hydrogen-bond acceptors (Lipinski definition) is 6. The van der Waals surface area contributed by atoms with Crippen LogP contribution >= 0.6 is 0 Å². The molecule has 0 saturated heterocycles. The predicted molar refractivity (Wildman–Crippen MR) is 139 cm³/mol. The Morgan fingerprint density at radius 1 is 1.00 bits per heavy atom. The van der Waals surface area contributed by atoms with Gasteiger partial charge in [-0.3, -0.25) is 4.72 Å². The Labute approximate surface area is 211 Å². The van der Waals surface area contributed by atoms with Gasteiger partial charge >= 0.3 is 5.63 Å². The van der Waals surface area contributed by atoms with E-state index in [-0.39, 0.29) is 28.7 Å². The van der Waals surface area contributed by atoms with Crippen molar-refractivity contribution in [2.75, 3.05) is 4.72 Å². The van der Waals surface area contributed by atoms with E-state index in [0.717, 1.165) is 31.2 Å². The van der Waals surface area contributed by atoms with Gasteiger partial charge in [-0.1, -0.05) is 51.0 Å². The standard InChI is InChI=1S/C28H33NO6S/c1-18(2)25(26-27(31)23-13-5-3-4-6-14-24(23)35-28(26)32)20-10-8-11-21(16-20)29-36(33,34)22-12-7-9-19(15-22)17-30/h7-12,15-16,18,25,29-31H,3-6,13-14,17H2,1-2H3. The first-order valence-electron chi connectivity index (χ1n) is 12.4. The van der Waals surface area contributed by atoms with Crippen LogP contribution in [0.3, 0.4) is 0 Å². The van der Waals surface area contributed by atoms with Gasteiger partial charge < -0.3 is 14.6 Å². The number of aliphatic hydroxyl groups excluding tert-OH is 1. The number of benzene rings is 2. The van der Waals surface area contributed by atoms with Crippen molar-refractivity contribution in [3.05, 3.63) is 87.0 Å². The highest BCUT2D eigenvalue weighted by atomic mass is 32.2. The normalized spacial score (nSPS) is 15.1. The van der Waals surface area contributed by atoms with E-state index in [9.17, 15) is 23.4 Å². The van der Waals surface area contributed by atoms with Gasteiger partial charge in [0, 0.05) is 23.6 Å². The average Bonchev–Trinajstić information content (AvgIpc) is 2.82. The Morgan fingerprint density at radius 2 is 1.72 bits per heavy atom. The predicted octanol–water partition coefficient (Wildman–Crippen LogP) is 5.09. The van der Waals surface area contributed by atoms with Crippen molar-refractivity contribution in [2.45, 2.75) is 69.8 Å². The van der Waals surface area contributed by atoms with Crippen LogP contribution in [0.15, 0.2) is 62.6 Å². The second kappa shape index (κ2) is 10.9. The maximum atomic E-state index is 13.1. The molecule has 0 spiro atoms. The van der Waals surface area contributed by atoms with E-state index in [1.54, 1.807) is 30.3 Å². The number of anilines is 1. The summed E-state index contributed by atoms with van der Waals surface area (Å²) in [7, 11) is -3.90. The van der Waals surface area contributed by atoms with Crippen molar-refractivity contribution in [1.29, 1.82) is 0 Å². The van der Waals surface area contributed by atoms with Crippen molar-refractivity contribution >= 4 is 15.7 Å². The quantitative estimate of drug-likeness (QED) is 0.407. The smallest absolute Gasteiger partial charge is 0.343 e. The molecule has 0 radical (unpaired) electrons. The van der Waals surface area contributed by atoms with E-state index in [2.05, 4.69) is 4.72 Å². The number of fused-ring (bicyclic) bond motifs is 1. The number of sulfonamides is 1. The third-order valence-electron chi connectivity index (χ3n) is 6.76. The second-order valence-corrected chi connectivity index (χ2v) is 11.4. The summed E-state index contributed by atoms with van der Waals surface area (Å²) in [5.74, 6) is 0.0291. The summed E-state index contributed by atoms with van der Waals surface area (Å²) in [4.78, 5) is 13.2. The van der Waals surface area contributed by atoms with E-state index >= 15 is 0 Å². The summed E-state index contributed by atoms with van der Waals surface area (Å²) in [5.41, 5.74) is 1.92. The van der Waals surface area contributed by atoms with Crippen LogP contribution in [0, 0.1) is 5.92 Å². The fourth-order valence-electron chi connectivity index (χ4n) is 5.00. The van der Waals surface area contributed by atoms with Gasteiger partial charge in [-0.2, -0.15) is 0 Å². The van der Waals surface area contributed by atoms with Crippen molar-refractivity contribution in [3.8, 4) is 5.75 Å². The highest BCUT2D eigenvalue weighted by molar-refractivity contribution is 7.92. The lowest BCUT2D eigenvalue weighted by Crippen LogP contribution is -2.21. The molecule has 0 saturated carbocycles. The van der Waals surface area contributed by atoms with Crippen molar-refractivity contribution in [2.24, 2.45) is 5.92 Å². The largest absolute Gasteiger partial charge is 0.507 e. The van der Waals surface area contributed by atoms with Crippen molar-refractivity contribution in [3.63, 3.8) is 0 Å². The lowest BCUT2D eigenvalue weighted by molar-refractivity contribution is 0.281. The third-order valence-corrected chi connectivity index (χ3v) is 8.14. The molecule has 0 aliphatic heterocycles. The number of aromatic hydroxyl groups is 1. The van der Waals surface area contributed by atoms with E-state index in [4.69, 9.17) is 4.42 Å². The Balaban J connectivity index is 1.73. The molecule has 36 heavy (non-hydrogen) atoms. The number of hydrogen-bond donors (Lipinski definition) is 3. The summed E-state index contributed by atoms with van der Waals surface area (Å²) in [6.07, 6.45) is 5.30. The van der Waals surface area contributed by atoms with E-state index in [1.165, 1.54) is 12.1 Å². The monoisotopic (exact) mass is 511 g/mol. The van der Waals surface area contributed by atoms with Crippen LogP contribution in [0.1, 0.15) is 73.5 Å². The highest BCUT2D eigenvalue weighted by Crippen LogP contribution is 2.39. The molecule has 2 aromatic carbocycles. The molecule has 0 fully saturated rings. The van der Waals surface area contributed by atoms with E-state index in [1.807, 2.05) is 19.9 Å². The molecular formula is C28H33NO6S. The lowest BCUT2D eigenvalue weighted by Gasteiger charge is -2.24. The van der Waals surface area contributed by atoms with Gasteiger partial charge in [-0.25, -0.2) is 13.2 Å². The van der Waals surface area contributed by atoms with Gasteiger partial charge in [0.15, 0.2) is 0 Å². The zero-order chi connectivity index (χ0) is 25.9. The zero-order valence-electron chi connectivity index (χ0n) is 20.7. The van der Waals surface area contributed by atoms with Crippen LogP contribution in [0.2, 0.25) is 0 Å². The zero-order valence-corrected chi connectivity index (χ0v) is 21.5. The molecule has 3 N–H and O–H groups in total. The van der Waals surface area contributed by atoms with E-state index < -0.39 is 21.6 Å². The molecule has 1 unspecified atom stereocenters. The molecule has 1 aliphatic rings. The molecule has 0 bridgehead atoms. The number of nitrogens with one attached hydrogen (secondary N) is 1. The fourth-order valence-corrected chi connectivity index (χ4v) is 6.12. The summed E-state index contributed by atoms with van der Waals surface area (Å²) in [6, 6.07) is 13.0. The molecule has 192 valence electrons. The first kappa shape index (κ1) is 26.0. The lowest BCUT2D eigenvalue weighted by atomic mass is 9.81. The minimum Gasteiger partial charge on any atom is -0.507 e. The van der Waals surface area contributed by atoms with Gasteiger partial charge in [-0.05, 0) is 60.6 Å². The van der Waals surface area contributed by atoms with Crippen LogP contribution in [0.25, 0.3) is 0 Å². The van der Waals surface area contributed by atoms with Gasteiger partial charge in [0.1, 0.15) is 11.5 Å². The highest BCUT2D eigenvalue weighted by Gasteiger charge is 2.29. The Hall–Kier alpha value is -3.10. The van der Waals surface area contributed by atoms with Crippen LogP contribution in [0.4, 0.5) is 5.69 Å². The Kier molecular flexibility index (Phi) is 7.85. The van der Waals surface area contributed by atoms with Crippen molar-refractivity contribution < 1.29 is 23.0 Å². The number of aryl methyl sites for hydroxylation is 1. The first-order valence-corrected chi connectivity index (χ1v) is 13.9. The van der Waals surface area contributed by atoms with Gasteiger partial charge in [-0.15, -0.1) is 0 Å². The Morgan fingerprint density at radius 3 is 2.44 bits per heavy atom. The number of aliphatic hydroxyl groups is 1.